The van der Waals surface area contributed by atoms with Crippen molar-refractivity contribution in [2.75, 3.05) is 10.6 Å². The molecule has 1 aromatic heterocycles. The molecule has 0 radical (unpaired) electrons. The lowest BCUT2D eigenvalue weighted by Gasteiger charge is -2.10. The molecule has 2 N–H and O–H groups in total. The number of nitrogens with zero attached hydrogens (tertiary/aromatic N) is 2. The van der Waals surface area contributed by atoms with Crippen LogP contribution in [0.25, 0.3) is 0 Å². The van der Waals surface area contributed by atoms with Gasteiger partial charge in [0.05, 0.1) is 15.7 Å². The number of para-hydroxylation sites is 1. The smallest absolute Gasteiger partial charge is 0.274 e. The van der Waals surface area contributed by atoms with Crippen molar-refractivity contribution >= 4 is 46.4 Å². The molecule has 1 amide bonds. The summed E-state index contributed by atoms with van der Waals surface area (Å²) in [5.41, 5.74) is 1.36. The molecule has 0 spiro atoms. The van der Waals surface area contributed by atoms with Crippen LogP contribution in [0, 0.1) is 12.7 Å². The first kappa shape index (κ1) is 18.1. The highest BCUT2D eigenvalue weighted by molar-refractivity contribution is 6.42. The summed E-state index contributed by atoms with van der Waals surface area (Å²) in [6.07, 6.45) is 0. The largest absolute Gasteiger partial charge is 0.324 e. The minimum atomic E-state index is -0.544. The Labute approximate surface area is 159 Å². The third-order valence-corrected chi connectivity index (χ3v) is 4.12. The van der Waals surface area contributed by atoms with Gasteiger partial charge in [-0.25, -0.2) is 14.4 Å². The molecule has 0 aliphatic rings. The van der Waals surface area contributed by atoms with E-state index in [0.717, 1.165) is 0 Å². The summed E-state index contributed by atoms with van der Waals surface area (Å²) in [4.78, 5) is 20.8. The number of halogens is 3. The maximum Gasteiger partial charge on any atom is 0.274 e. The normalized spacial score (nSPS) is 10.5. The second-order valence-corrected chi connectivity index (χ2v) is 6.22. The van der Waals surface area contributed by atoms with E-state index < -0.39 is 11.7 Å². The zero-order valence-electron chi connectivity index (χ0n) is 13.6. The zero-order valence-corrected chi connectivity index (χ0v) is 15.1. The van der Waals surface area contributed by atoms with E-state index in [0.29, 0.717) is 21.4 Å². The molecule has 0 atom stereocenters. The Kier molecular flexibility index (Phi) is 5.35. The van der Waals surface area contributed by atoms with E-state index in [1.54, 1.807) is 37.3 Å². The van der Waals surface area contributed by atoms with Crippen LogP contribution in [0.2, 0.25) is 10.0 Å². The number of anilines is 3. The summed E-state index contributed by atoms with van der Waals surface area (Å²) < 4.78 is 13.7. The third-order valence-electron chi connectivity index (χ3n) is 3.38. The molecule has 2 aromatic carbocycles. The Morgan fingerprint density at radius 1 is 1.04 bits per heavy atom. The van der Waals surface area contributed by atoms with Crippen LogP contribution in [-0.2, 0) is 0 Å². The van der Waals surface area contributed by atoms with Crippen molar-refractivity contribution in [3.05, 3.63) is 75.8 Å². The Bertz CT molecular complexity index is 981. The van der Waals surface area contributed by atoms with Gasteiger partial charge in [-0.3, -0.25) is 4.79 Å². The van der Waals surface area contributed by atoms with Crippen LogP contribution < -0.4 is 10.6 Å². The number of hydrogen-bond donors (Lipinski definition) is 2. The van der Waals surface area contributed by atoms with Gasteiger partial charge in [-0.05, 0) is 43.3 Å². The predicted molar refractivity (Wildman–Crippen MR) is 101 cm³/mol. The minimum absolute atomic E-state index is 0.0766. The van der Waals surface area contributed by atoms with Crippen LogP contribution in [-0.4, -0.2) is 15.9 Å². The first-order valence-corrected chi connectivity index (χ1v) is 8.31. The van der Waals surface area contributed by atoms with Crippen molar-refractivity contribution in [1.29, 1.82) is 0 Å². The average molecular weight is 391 g/mol. The molecule has 132 valence electrons. The van der Waals surface area contributed by atoms with Gasteiger partial charge < -0.3 is 10.6 Å². The number of carbonyl (C=O) groups is 1. The topological polar surface area (TPSA) is 66.9 Å². The quantitative estimate of drug-likeness (QED) is 0.640. The zero-order chi connectivity index (χ0) is 18.7. The number of hydrogen-bond acceptors (Lipinski definition) is 4. The van der Waals surface area contributed by atoms with Gasteiger partial charge in [0.15, 0.2) is 0 Å². The van der Waals surface area contributed by atoms with E-state index in [1.165, 1.54) is 18.2 Å². The van der Waals surface area contributed by atoms with Crippen LogP contribution >= 0.6 is 23.2 Å². The average Bonchev–Trinajstić information content (AvgIpc) is 2.59. The number of amides is 1. The molecule has 3 rings (SSSR count). The lowest BCUT2D eigenvalue weighted by atomic mass is 10.2. The number of rotatable bonds is 4. The summed E-state index contributed by atoms with van der Waals surface area (Å²) in [5, 5.41) is 6.25. The molecule has 0 unspecified atom stereocenters. The Morgan fingerprint density at radius 3 is 2.54 bits per heavy atom. The van der Waals surface area contributed by atoms with Gasteiger partial charge in [0.2, 0.25) is 5.95 Å². The van der Waals surface area contributed by atoms with Gasteiger partial charge in [0.25, 0.3) is 5.91 Å². The van der Waals surface area contributed by atoms with E-state index in [4.69, 9.17) is 23.2 Å². The molecule has 0 bridgehead atoms. The maximum absolute atomic E-state index is 13.7. The summed E-state index contributed by atoms with van der Waals surface area (Å²) in [5.74, 6) is -0.861. The number of carbonyl (C=O) groups excluding carboxylic acids is 1. The van der Waals surface area contributed by atoms with Crippen LogP contribution in [0.3, 0.4) is 0 Å². The van der Waals surface area contributed by atoms with E-state index in [1.807, 2.05) is 0 Å². The van der Waals surface area contributed by atoms with E-state index >= 15 is 0 Å². The summed E-state index contributed by atoms with van der Waals surface area (Å²) >= 11 is 11.9. The number of aromatic nitrogens is 2. The fourth-order valence-electron chi connectivity index (χ4n) is 2.19. The molecular formula is C18H13Cl2FN4O. The van der Waals surface area contributed by atoms with E-state index in [-0.39, 0.29) is 17.3 Å². The molecule has 1 heterocycles. The number of aryl methyl sites for hydroxylation is 1. The molecule has 0 saturated heterocycles. The highest BCUT2D eigenvalue weighted by atomic mass is 35.5. The molecule has 8 heteroatoms. The molecule has 0 aliphatic heterocycles. The van der Waals surface area contributed by atoms with Gasteiger partial charge in [-0.15, -0.1) is 0 Å². The van der Waals surface area contributed by atoms with Crippen molar-refractivity contribution in [2.45, 2.75) is 6.92 Å². The minimum Gasteiger partial charge on any atom is -0.324 e. The lowest BCUT2D eigenvalue weighted by Crippen LogP contribution is -2.16. The van der Waals surface area contributed by atoms with Gasteiger partial charge in [-0.2, -0.15) is 0 Å². The van der Waals surface area contributed by atoms with Crippen molar-refractivity contribution < 1.29 is 9.18 Å². The molecule has 0 fully saturated rings. The molecule has 0 aliphatic carbocycles. The fourth-order valence-corrected chi connectivity index (χ4v) is 2.49. The highest BCUT2D eigenvalue weighted by Gasteiger charge is 2.13. The van der Waals surface area contributed by atoms with Gasteiger partial charge in [0.1, 0.15) is 11.5 Å². The summed E-state index contributed by atoms with van der Waals surface area (Å²) in [6.45, 7) is 1.72. The number of nitrogens with one attached hydrogen (secondary N) is 2. The summed E-state index contributed by atoms with van der Waals surface area (Å²) in [6, 6.07) is 12.4. The Hall–Kier alpha value is -2.70. The second kappa shape index (κ2) is 7.68. The second-order valence-electron chi connectivity index (χ2n) is 5.41. The van der Waals surface area contributed by atoms with E-state index in [2.05, 4.69) is 20.6 Å². The first-order valence-electron chi connectivity index (χ1n) is 7.56. The van der Waals surface area contributed by atoms with Crippen LogP contribution in [0.4, 0.5) is 21.7 Å². The predicted octanol–water partition coefficient (Wildman–Crippen LogP) is 5.23. The Morgan fingerprint density at radius 2 is 1.81 bits per heavy atom. The van der Waals surface area contributed by atoms with Gasteiger partial charge >= 0.3 is 0 Å². The Balaban J connectivity index is 1.84. The highest BCUT2D eigenvalue weighted by Crippen LogP contribution is 2.26. The van der Waals surface area contributed by atoms with Crippen LogP contribution in [0.15, 0.2) is 48.5 Å². The molecule has 5 nitrogen and oxygen atoms in total. The van der Waals surface area contributed by atoms with Crippen LogP contribution in [0.5, 0.6) is 0 Å². The monoisotopic (exact) mass is 390 g/mol. The SMILES string of the molecule is Cc1cc(C(=O)Nc2ccccc2F)nc(Nc2ccc(Cl)c(Cl)c2)n1. The first-order chi connectivity index (χ1) is 12.4. The van der Waals surface area contributed by atoms with Gasteiger partial charge in [-0.1, -0.05) is 35.3 Å². The van der Waals surface area contributed by atoms with Crippen molar-refractivity contribution in [2.24, 2.45) is 0 Å². The van der Waals surface area contributed by atoms with Crippen molar-refractivity contribution in [3.63, 3.8) is 0 Å². The van der Waals surface area contributed by atoms with Crippen molar-refractivity contribution in [1.82, 2.24) is 9.97 Å². The fraction of sp³-hybridized carbons (Fsp3) is 0.0556. The number of benzene rings is 2. The molecule has 3 aromatic rings. The maximum atomic E-state index is 13.7. The molecule has 26 heavy (non-hydrogen) atoms. The van der Waals surface area contributed by atoms with Gasteiger partial charge in [0, 0.05) is 11.4 Å². The lowest BCUT2D eigenvalue weighted by molar-refractivity contribution is 0.102. The standard InChI is InChI=1S/C18H13Cl2FN4O/c1-10-8-16(17(26)24-15-5-3-2-4-14(15)21)25-18(22-10)23-11-6-7-12(19)13(20)9-11/h2-9H,1H3,(H,24,26)(H,22,23,25). The third kappa shape index (κ3) is 4.28. The summed E-state index contributed by atoms with van der Waals surface area (Å²) in [7, 11) is 0. The van der Waals surface area contributed by atoms with Crippen molar-refractivity contribution in [3.8, 4) is 0 Å². The van der Waals surface area contributed by atoms with E-state index in [9.17, 15) is 9.18 Å². The molecular weight excluding hydrogens is 378 g/mol. The van der Waals surface area contributed by atoms with Crippen LogP contribution in [0.1, 0.15) is 16.2 Å². The molecule has 0 saturated carbocycles.